The van der Waals surface area contributed by atoms with Crippen LogP contribution in [-0.4, -0.2) is 11.2 Å². The first-order chi connectivity index (χ1) is 6.22. The summed E-state index contributed by atoms with van der Waals surface area (Å²) < 4.78 is 0. The number of hydrogen-bond acceptors (Lipinski definition) is 1. The summed E-state index contributed by atoms with van der Waals surface area (Å²) in [7, 11) is 0. The Morgan fingerprint density at radius 2 is 1.46 bits per heavy atom. The van der Waals surface area contributed by atoms with E-state index in [2.05, 4.69) is 0 Å². The van der Waals surface area contributed by atoms with Gasteiger partial charge in [-0.2, -0.15) is 0 Å². The summed E-state index contributed by atoms with van der Waals surface area (Å²) >= 11 is 0. The van der Waals surface area contributed by atoms with Gasteiger partial charge in [0.1, 0.15) is 0 Å². The summed E-state index contributed by atoms with van der Waals surface area (Å²) in [5, 5.41) is 9.27. The number of benzene rings is 1. The van der Waals surface area contributed by atoms with Gasteiger partial charge in [-0.1, -0.05) is 51.1 Å². The SMILES string of the molecule is CC.CC(O)C(C)c1ccccc1. The Labute approximate surface area is 81.4 Å². The molecule has 0 amide bonds. The second-order valence-electron chi connectivity index (χ2n) is 2.94. The van der Waals surface area contributed by atoms with Crippen LogP contribution in [-0.2, 0) is 0 Å². The maximum Gasteiger partial charge on any atom is 0.0577 e. The van der Waals surface area contributed by atoms with Gasteiger partial charge in [0.05, 0.1) is 6.10 Å². The van der Waals surface area contributed by atoms with E-state index in [0.29, 0.717) is 0 Å². The molecule has 0 heterocycles. The van der Waals surface area contributed by atoms with Crippen LogP contribution in [0, 0.1) is 0 Å². The molecule has 13 heavy (non-hydrogen) atoms. The quantitative estimate of drug-likeness (QED) is 0.741. The van der Waals surface area contributed by atoms with Crippen LogP contribution in [0.3, 0.4) is 0 Å². The largest absolute Gasteiger partial charge is 0.393 e. The summed E-state index contributed by atoms with van der Waals surface area (Å²) in [6.07, 6.45) is -0.266. The van der Waals surface area contributed by atoms with Crippen LogP contribution >= 0.6 is 0 Å². The molecule has 0 spiro atoms. The second kappa shape index (κ2) is 6.67. The Morgan fingerprint density at radius 3 is 1.85 bits per heavy atom. The van der Waals surface area contributed by atoms with Crippen molar-refractivity contribution in [2.45, 2.75) is 39.7 Å². The van der Waals surface area contributed by atoms with Crippen molar-refractivity contribution in [1.29, 1.82) is 0 Å². The molecule has 2 atom stereocenters. The first-order valence-corrected chi connectivity index (χ1v) is 4.95. The van der Waals surface area contributed by atoms with Crippen LogP contribution in [0.2, 0.25) is 0 Å². The molecule has 0 aliphatic rings. The molecule has 0 fully saturated rings. The molecule has 0 aromatic heterocycles. The summed E-state index contributed by atoms with van der Waals surface area (Å²) in [5.41, 5.74) is 1.20. The highest BCUT2D eigenvalue weighted by molar-refractivity contribution is 5.19. The van der Waals surface area contributed by atoms with Gasteiger partial charge in [0, 0.05) is 5.92 Å². The molecule has 0 saturated heterocycles. The lowest BCUT2D eigenvalue weighted by molar-refractivity contribution is 0.169. The third kappa shape index (κ3) is 4.09. The smallest absolute Gasteiger partial charge is 0.0577 e. The molecule has 0 saturated carbocycles. The first-order valence-electron chi connectivity index (χ1n) is 4.95. The normalized spacial score (nSPS) is 13.9. The average molecular weight is 180 g/mol. The van der Waals surface area contributed by atoms with Gasteiger partial charge in [0.2, 0.25) is 0 Å². The molecule has 0 aliphatic heterocycles. The second-order valence-corrected chi connectivity index (χ2v) is 2.94. The van der Waals surface area contributed by atoms with E-state index in [1.165, 1.54) is 5.56 Å². The topological polar surface area (TPSA) is 20.2 Å². The van der Waals surface area contributed by atoms with Crippen LogP contribution in [0.25, 0.3) is 0 Å². The molecule has 0 aliphatic carbocycles. The molecule has 74 valence electrons. The Bertz CT molecular complexity index is 204. The lowest BCUT2D eigenvalue weighted by Gasteiger charge is -2.14. The minimum absolute atomic E-state index is 0.233. The Balaban J connectivity index is 0.000000671. The minimum Gasteiger partial charge on any atom is -0.393 e. The molecule has 1 N–H and O–H groups in total. The third-order valence-corrected chi connectivity index (χ3v) is 2.05. The van der Waals surface area contributed by atoms with E-state index < -0.39 is 0 Å². The maximum atomic E-state index is 9.27. The Morgan fingerprint density at radius 1 is 1.00 bits per heavy atom. The average Bonchev–Trinajstić information content (AvgIpc) is 2.21. The lowest BCUT2D eigenvalue weighted by atomic mass is 9.97. The van der Waals surface area contributed by atoms with Crippen molar-refractivity contribution in [2.24, 2.45) is 0 Å². The minimum atomic E-state index is -0.266. The molecular formula is C12H20O. The highest BCUT2D eigenvalue weighted by Crippen LogP contribution is 2.17. The zero-order chi connectivity index (χ0) is 10.3. The number of hydrogen-bond donors (Lipinski definition) is 1. The number of aliphatic hydroxyl groups is 1. The standard InChI is InChI=1S/C10H14O.C2H6/c1-8(9(2)11)10-6-4-3-5-7-10;1-2/h3-9,11H,1-2H3;1-2H3. The van der Waals surface area contributed by atoms with Crippen LogP contribution in [0.1, 0.15) is 39.2 Å². The van der Waals surface area contributed by atoms with Gasteiger partial charge in [-0.25, -0.2) is 0 Å². The van der Waals surface area contributed by atoms with Gasteiger partial charge in [-0.15, -0.1) is 0 Å². The van der Waals surface area contributed by atoms with E-state index in [-0.39, 0.29) is 12.0 Å². The Kier molecular flexibility index (Phi) is 6.25. The van der Waals surface area contributed by atoms with Crippen molar-refractivity contribution in [3.05, 3.63) is 35.9 Å². The van der Waals surface area contributed by atoms with Gasteiger partial charge >= 0.3 is 0 Å². The van der Waals surface area contributed by atoms with E-state index in [1.807, 2.05) is 58.0 Å². The predicted octanol–water partition coefficient (Wildman–Crippen LogP) is 3.20. The van der Waals surface area contributed by atoms with Crippen molar-refractivity contribution < 1.29 is 5.11 Å². The van der Waals surface area contributed by atoms with E-state index >= 15 is 0 Å². The predicted molar refractivity (Wildman–Crippen MR) is 57.9 cm³/mol. The molecular weight excluding hydrogens is 160 g/mol. The van der Waals surface area contributed by atoms with Crippen molar-refractivity contribution in [3.8, 4) is 0 Å². The first kappa shape index (κ1) is 12.2. The zero-order valence-electron chi connectivity index (χ0n) is 8.99. The monoisotopic (exact) mass is 180 g/mol. The molecule has 0 radical (unpaired) electrons. The van der Waals surface area contributed by atoms with Gasteiger partial charge < -0.3 is 5.11 Å². The number of rotatable bonds is 2. The molecule has 1 heteroatoms. The van der Waals surface area contributed by atoms with E-state index in [0.717, 1.165) is 0 Å². The highest BCUT2D eigenvalue weighted by atomic mass is 16.3. The third-order valence-electron chi connectivity index (χ3n) is 2.05. The molecule has 1 aromatic rings. The van der Waals surface area contributed by atoms with Gasteiger partial charge in [-0.3, -0.25) is 0 Å². The fourth-order valence-corrected chi connectivity index (χ4v) is 1.04. The lowest BCUT2D eigenvalue weighted by Crippen LogP contribution is -2.10. The fraction of sp³-hybridized carbons (Fsp3) is 0.500. The van der Waals surface area contributed by atoms with E-state index in [4.69, 9.17) is 0 Å². The van der Waals surface area contributed by atoms with Crippen LogP contribution in [0.15, 0.2) is 30.3 Å². The highest BCUT2D eigenvalue weighted by Gasteiger charge is 2.09. The van der Waals surface area contributed by atoms with Crippen molar-refractivity contribution in [2.75, 3.05) is 0 Å². The summed E-state index contributed by atoms with van der Waals surface area (Å²) in [6, 6.07) is 10.1. The molecule has 0 bridgehead atoms. The molecule has 2 unspecified atom stereocenters. The fourth-order valence-electron chi connectivity index (χ4n) is 1.04. The Hall–Kier alpha value is -0.820. The van der Waals surface area contributed by atoms with E-state index in [9.17, 15) is 5.11 Å². The van der Waals surface area contributed by atoms with Crippen LogP contribution < -0.4 is 0 Å². The molecule has 1 nitrogen and oxygen atoms in total. The molecule has 1 aromatic carbocycles. The summed E-state index contributed by atoms with van der Waals surface area (Å²) in [6.45, 7) is 7.84. The summed E-state index contributed by atoms with van der Waals surface area (Å²) in [4.78, 5) is 0. The zero-order valence-corrected chi connectivity index (χ0v) is 8.99. The van der Waals surface area contributed by atoms with Crippen molar-refractivity contribution >= 4 is 0 Å². The van der Waals surface area contributed by atoms with Crippen LogP contribution in [0.4, 0.5) is 0 Å². The van der Waals surface area contributed by atoms with Gasteiger partial charge in [-0.05, 0) is 12.5 Å². The van der Waals surface area contributed by atoms with Crippen molar-refractivity contribution in [3.63, 3.8) is 0 Å². The van der Waals surface area contributed by atoms with E-state index in [1.54, 1.807) is 0 Å². The van der Waals surface area contributed by atoms with Gasteiger partial charge in [0.25, 0.3) is 0 Å². The summed E-state index contributed by atoms with van der Waals surface area (Å²) in [5.74, 6) is 0.233. The van der Waals surface area contributed by atoms with Crippen molar-refractivity contribution in [1.82, 2.24) is 0 Å². The maximum absolute atomic E-state index is 9.27. The molecule has 1 rings (SSSR count). The van der Waals surface area contributed by atoms with Crippen LogP contribution in [0.5, 0.6) is 0 Å². The van der Waals surface area contributed by atoms with Gasteiger partial charge in [0.15, 0.2) is 0 Å². The number of aliphatic hydroxyl groups excluding tert-OH is 1.